The van der Waals surface area contributed by atoms with Gasteiger partial charge in [-0.25, -0.2) is 16.8 Å². The second kappa shape index (κ2) is 9.80. The van der Waals surface area contributed by atoms with Gasteiger partial charge in [0.05, 0.1) is 10.6 Å². The molecule has 2 aromatic rings. The standard InChI is InChI=1S/C21H26N2O6S2/c1-2-30(25,26)17-16-29-19-8-10-20(11-9-19)31(27,28)23-14-12-22(13-15-23)21(24)18-6-4-3-5-7-18/h3-11H,2,12-17H2,1H3. The minimum absolute atomic E-state index is 0.0136. The van der Waals surface area contributed by atoms with Crippen LogP contribution >= 0.6 is 0 Å². The summed E-state index contributed by atoms with van der Waals surface area (Å²) in [7, 11) is -6.82. The van der Waals surface area contributed by atoms with E-state index in [9.17, 15) is 21.6 Å². The van der Waals surface area contributed by atoms with E-state index in [4.69, 9.17) is 4.74 Å². The second-order valence-electron chi connectivity index (χ2n) is 7.12. The lowest BCUT2D eigenvalue weighted by molar-refractivity contribution is 0.0698. The molecule has 1 heterocycles. The van der Waals surface area contributed by atoms with Gasteiger partial charge in [0.15, 0.2) is 9.84 Å². The van der Waals surface area contributed by atoms with E-state index in [0.717, 1.165) is 0 Å². The van der Waals surface area contributed by atoms with E-state index in [0.29, 0.717) is 24.4 Å². The summed E-state index contributed by atoms with van der Waals surface area (Å²) in [4.78, 5) is 14.3. The summed E-state index contributed by atoms with van der Waals surface area (Å²) in [6.07, 6.45) is 0. The van der Waals surface area contributed by atoms with Gasteiger partial charge in [0, 0.05) is 37.5 Å². The topological polar surface area (TPSA) is 101 Å². The third-order valence-corrected chi connectivity index (χ3v) is 8.69. The molecule has 0 unspecified atom stereocenters. The maximum absolute atomic E-state index is 12.9. The molecule has 1 saturated heterocycles. The molecule has 1 aliphatic rings. The molecule has 31 heavy (non-hydrogen) atoms. The average Bonchev–Trinajstić information content (AvgIpc) is 2.79. The van der Waals surface area contributed by atoms with E-state index in [1.807, 2.05) is 6.07 Å². The SMILES string of the molecule is CCS(=O)(=O)CCOc1ccc(S(=O)(=O)N2CCN(C(=O)c3ccccc3)CC2)cc1. The van der Waals surface area contributed by atoms with Crippen LogP contribution in [0.4, 0.5) is 0 Å². The molecule has 10 heteroatoms. The molecule has 0 aliphatic carbocycles. The van der Waals surface area contributed by atoms with Crippen LogP contribution in [0, 0.1) is 0 Å². The van der Waals surface area contributed by atoms with Crippen LogP contribution < -0.4 is 4.74 Å². The van der Waals surface area contributed by atoms with Crippen LogP contribution in [0.2, 0.25) is 0 Å². The van der Waals surface area contributed by atoms with Gasteiger partial charge in [0.1, 0.15) is 12.4 Å². The van der Waals surface area contributed by atoms with Crippen molar-refractivity contribution in [2.45, 2.75) is 11.8 Å². The summed E-state index contributed by atoms with van der Waals surface area (Å²) in [6.45, 7) is 2.66. The quantitative estimate of drug-likeness (QED) is 0.586. The van der Waals surface area contributed by atoms with Crippen molar-refractivity contribution in [2.24, 2.45) is 0 Å². The third kappa shape index (κ3) is 5.84. The Balaban J connectivity index is 1.58. The van der Waals surface area contributed by atoms with Crippen LogP contribution in [0.15, 0.2) is 59.5 Å². The fraction of sp³-hybridized carbons (Fsp3) is 0.381. The van der Waals surface area contributed by atoms with Gasteiger partial charge in [-0.05, 0) is 36.4 Å². The highest BCUT2D eigenvalue weighted by Gasteiger charge is 2.30. The molecule has 8 nitrogen and oxygen atoms in total. The Morgan fingerprint density at radius 2 is 1.52 bits per heavy atom. The van der Waals surface area contributed by atoms with Crippen LogP contribution in [-0.4, -0.2) is 76.2 Å². The maximum atomic E-state index is 12.9. The molecular weight excluding hydrogens is 440 g/mol. The number of nitrogens with zero attached hydrogens (tertiary/aromatic N) is 2. The van der Waals surface area contributed by atoms with E-state index in [1.165, 1.54) is 28.6 Å². The zero-order valence-electron chi connectivity index (χ0n) is 17.3. The van der Waals surface area contributed by atoms with Gasteiger partial charge in [-0.2, -0.15) is 4.31 Å². The van der Waals surface area contributed by atoms with Crippen molar-refractivity contribution in [3.8, 4) is 5.75 Å². The number of carbonyl (C=O) groups excluding carboxylic acids is 1. The van der Waals surface area contributed by atoms with Crippen molar-refractivity contribution in [2.75, 3.05) is 44.3 Å². The lowest BCUT2D eigenvalue weighted by atomic mass is 10.2. The molecule has 0 N–H and O–H groups in total. The van der Waals surface area contributed by atoms with Gasteiger partial charge < -0.3 is 9.64 Å². The van der Waals surface area contributed by atoms with Gasteiger partial charge in [0.2, 0.25) is 10.0 Å². The minimum Gasteiger partial charge on any atom is -0.493 e. The first-order valence-corrected chi connectivity index (χ1v) is 13.3. The van der Waals surface area contributed by atoms with Gasteiger partial charge in [0.25, 0.3) is 5.91 Å². The number of sulfonamides is 1. The zero-order chi connectivity index (χ0) is 22.5. The number of hydrogen-bond acceptors (Lipinski definition) is 6. The Kier molecular flexibility index (Phi) is 7.34. The van der Waals surface area contributed by atoms with Gasteiger partial charge in [-0.3, -0.25) is 4.79 Å². The molecule has 0 radical (unpaired) electrons. The van der Waals surface area contributed by atoms with E-state index < -0.39 is 19.9 Å². The van der Waals surface area contributed by atoms with Gasteiger partial charge in [-0.1, -0.05) is 25.1 Å². The van der Waals surface area contributed by atoms with E-state index >= 15 is 0 Å². The fourth-order valence-corrected chi connectivity index (χ4v) is 5.23. The van der Waals surface area contributed by atoms with E-state index in [2.05, 4.69) is 0 Å². The summed E-state index contributed by atoms with van der Waals surface area (Å²) < 4.78 is 55.7. The molecule has 1 amide bonds. The van der Waals surface area contributed by atoms with Crippen molar-refractivity contribution < 1.29 is 26.4 Å². The number of sulfone groups is 1. The number of piperazine rings is 1. The number of ether oxygens (including phenoxy) is 1. The van der Waals surface area contributed by atoms with Crippen LogP contribution in [0.25, 0.3) is 0 Å². The van der Waals surface area contributed by atoms with E-state index in [-0.39, 0.29) is 42.0 Å². The summed E-state index contributed by atoms with van der Waals surface area (Å²) in [5.74, 6) is 0.264. The first-order valence-electron chi connectivity index (χ1n) is 10.0. The molecule has 0 spiro atoms. The third-order valence-electron chi connectivity index (χ3n) is 5.11. The highest BCUT2D eigenvalue weighted by atomic mass is 32.2. The first kappa shape index (κ1) is 23.2. The van der Waals surface area contributed by atoms with Crippen molar-refractivity contribution in [1.82, 2.24) is 9.21 Å². The molecule has 0 saturated carbocycles. The van der Waals surface area contributed by atoms with Crippen LogP contribution in [-0.2, 0) is 19.9 Å². The van der Waals surface area contributed by atoms with Gasteiger partial charge in [-0.15, -0.1) is 0 Å². The number of carbonyl (C=O) groups is 1. The van der Waals surface area contributed by atoms with Crippen LogP contribution in [0.3, 0.4) is 0 Å². The number of rotatable bonds is 8. The van der Waals surface area contributed by atoms with Crippen LogP contribution in [0.5, 0.6) is 5.75 Å². The number of benzene rings is 2. The molecule has 0 bridgehead atoms. The predicted molar refractivity (Wildman–Crippen MR) is 117 cm³/mol. The Hall–Kier alpha value is -2.43. The van der Waals surface area contributed by atoms with Crippen molar-refractivity contribution in [3.63, 3.8) is 0 Å². The summed E-state index contributed by atoms with van der Waals surface area (Å²) in [5.41, 5.74) is 0.584. The van der Waals surface area contributed by atoms with Crippen LogP contribution in [0.1, 0.15) is 17.3 Å². The lowest BCUT2D eigenvalue weighted by Gasteiger charge is -2.34. The summed E-state index contributed by atoms with van der Waals surface area (Å²) >= 11 is 0. The smallest absolute Gasteiger partial charge is 0.253 e. The largest absolute Gasteiger partial charge is 0.493 e. The Labute approximate surface area is 183 Å². The molecule has 1 aliphatic heterocycles. The van der Waals surface area contributed by atoms with Crippen molar-refractivity contribution >= 4 is 25.8 Å². The highest BCUT2D eigenvalue weighted by Crippen LogP contribution is 2.21. The summed E-state index contributed by atoms with van der Waals surface area (Å²) in [6, 6.07) is 14.8. The number of hydrogen-bond donors (Lipinski definition) is 0. The molecule has 168 valence electrons. The predicted octanol–water partition coefficient (Wildman–Crippen LogP) is 1.65. The summed E-state index contributed by atoms with van der Waals surface area (Å²) in [5, 5.41) is 0. The molecule has 2 aromatic carbocycles. The first-order chi connectivity index (χ1) is 14.7. The lowest BCUT2D eigenvalue weighted by Crippen LogP contribution is -2.50. The second-order valence-corrected chi connectivity index (χ2v) is 11.5. The Bertz CT molecular complexity index is 1090. The zero-order valence-corrected chi connectivity index (χ0v) is 18.9. The number of amides is 1. The Morgan fingerprint density at radius 3 is 2.10 bits per heavy atom. The fourth-order valence-electron chi connectivity index (χ4n) is 3.18. The Morgan fingerprint density at radius 1 is 0.903 bits per heavy atom. The molecule has 0 aromatic heterocycles. The van der Waals surface area contributed by atoms with Crippen molar-refractivity contribution in [3.05, 3.63) is 60.2 Å². The van der Waals surface area contributed by atoms with Crippen molar-refractivity contribution in [1.29, 1.82) is 0 Å². The molecule has 3 rings (SSSR count). The monoisotopic (exact) mass is 466 g/mol. The molecule has 1 fully saturated rings. The molecular formula is C21H26N2O6S2. The van der Waals surface area contributed by atoms with E-state index in [1.54, 1.807) is 36.1 Å². The maximum Gasteiger partial charge on any atom is 0.253 e. The average molecular weight is 467 g/mol. The normalized spacial score (nSPS) is 15.6. The highest BCUT2D eigenvalue weighted by molar-refractivity contribution is 7.91. The molecule has 0 atom stereocenters. The van der Waals surface area contributed by atoms with Gasteiger partial charge >= 0.3 is 0 Å². The minimum atomic E-state index is -3.70.